The molecule has 0 amide bonds. The summed E-state index contributed by atoms with van der Waals surface area (Å²) in [6, 6.07) is 82.0. The molecule has 5 heteroatoms. The van der Waals surface area contributed by atoms with E-state index in [0.717, 1.165) is 88.8 Å². The predicted molar refractivity (Wildman–Crippen MR) is 286 cm³/mol. The van der Waals surface area contributed by atoms with Gasteiger partial charge in [0.2, 0.25) is 0 Å². The van der Waals surface area contributed by atoms with Crippen molar-refractivity contribution in [1.82, 2.24) is 14.1 Å². The van der Waals surface area contributed by atoms with Gasteiger partial charge in [0.1, 0.15) is 28.7 Å². The smallest absolute Gasteiger partial charge is 0.255 e. The molecular formula is C64H49N4O+. The fraction of sp³-hybridized carbons (Fsp3) is 0.0625. The van der Waals surface area contributed by atoms with Gasteiger partial charge in [-0.1, -0.05) is 185 Å². The van der Waals surface area contributed by atoms with Crippen molar-refractivity contribution in [2.45, 2.75) is 26.2 Å². The molecule has 12 aromatic rings. The zero-order valence-corrected chi connectivity index (χ0v) is 38.8. The minimum atomic E-state index is -0.0887. The van der Waals surface area contributed by atoms with E-state index in [1.807, 2.05) is 12.3 Å². The van der Waals surface area contributed by atoms with Crippen LogP contribution in [-0.2, 0) is 5.41 Å². The third-order valence-corrected chi connectivity index (χ3v) is 13.3. The fourth-order valence-corrected chi connectivity index (χ4v) is 10.0. The van der Waals surface area contributed by atoms with Crippen molar-refractivity contribution in [3.63, 3.8) is 0 Å². The van der Waals surface area contributed by atoms with Gasteiger partial charge in [-0.15, -0.1) is 0 Å². The maximum absolute atomic E-state index is 7.00. The molecule has 5 nitrogen and oxygen atoms in total. The highest BCUT2D eigenvalue weighted by molar-refractivity contribution is 6.19. The monoisotopic (exact) mass is 889 g/mol. The number of imidazole rings is 1. The van der Waals surface area contributed by atoms with Gasteiger partial charge < -0.3 is 4.74 Å². The van der Waals surface area contributed by atoms with E-state index in [1.165, 1.54) is 16.3 Å². The lowest BCUT2D eigenvalue weighted by atomic mass is 9.88. The molecule has 0 saturated heterocycles. The number of fused-ring (bicyclic) bond motifs is 8. The summed E-state index contributed by atoms with van der Waals surface area (Å²) in [6.45, 7) is 6.75. The lowest BCUT2D eigenvalue weighted by Crippen LogP contribution is -2.30. The summed E-state index contributed by atoms with van der Waals surface area (Å²) in [5, 5.41) is 6.85. The van der Waals surface area contributed by atoms with Crippen molar-refractivity contribution < 1.29 is 9.30 Å². The number of nitrogens with zero attached hydrogens (tertiary/aromatic N) is 4. The van der Waals surface area contributed by atoms with Gasteiger partial charge in [-0.2, -0.15) is 9.13 Å². The van der Waals surface area contributed by atoms with Crippen molar-refractivity contribution in [2.75, 3.05) is 0 Å². The fourth-order valence-electron chi connectivity index (χ4n) is 10.0. The van der Waals surface area contributed by atoms with Crippen LogP contribution in [-0.4, -0.2) is 14.1 Å². The highest BCUT2D eigenvalue weighted by Crippen LogP contribution is 2.38. The Balaban J connectivity index is 1.06. The van der Waals surface area contributed by atoms with Gasteiger partial charge in [-0.25, -0.2) is 4.98 Å². The van der Waals surface area contributed by atoms with E-state index in [9.17, 15) is 0 Å². The number of benzene rings is 9. The number of aromatic nitrogens is 4. The van der Waals surface area contributed by atoms with E-state index < -0.39 is 0 Å². The Hall–Kier alpha value is -8.80. The Labute approximate surface area is 401 Å². The van der Waals surface area contributed by atoms with E-state index in [1.54, 1.807) is 0 Å². The Morgan fingerprint density at radius 3 is 1.62 bits per heavy atom. The van der Waals surface area contributed by atoms with E-state index in [0.29, 0.717) is 5.75 Å². The van der Waals surface area contributed by atoms with Crippen molar-refractivity contribution in [3.05, 3.63) is 249 Å². The lowest BCUT2D eigenvalue weighted by Gasteiger charge is -2.21. The number of ether oxygens (including phenoxy) is 1. The number of para-hydroxylation sites is 4. The van der Waals surface area contributed by atoms with Crippen molar-refractivity contribution in [3.8, 4) is 50.9 Å². The topological polar surface area (TPSA) is 35.9 Å². The van der Waals surface area contributed by atoms with Gasteiger partial charge in [0.15, 0.2) is 11.0 Å². The molecule has 0 fully saturated rings. The summed E-state index contributed by atoms with van der Waals surface area (Å²) in [4.78, 5) is 5.12. The summed E-state index contributed by atoms with van der Waals surface area (Å²) in [5.41, 5.74) is 12.0. The largest absolute Gasteiger partial charge is 0.457 e. The molecule has 0 saturated carbocycles. The van der Waals surface area contributed by atoms with E-state index >= 15 is 0 Å². The molecule has 0 unspecified atom stereocenters. The van der Waals surface area contributed by atoms with Crippen molar-refractivity contribution in [2.24, 2.45) is 0 Å². The van der Waals surface area contributed by atoms with Crippen molar-refractivity contribution >= 4 is 54.4 Å². The van der Waals surface area contributed by atoms with E-state index in [2.05, 4.69) is 265 Å². The van der Waals surface area contributed by atoms with Crippen LogP contribution in [0.3, 0.4) is 0 Å². The van der Waals surface area contributed by atoms with Gasteiger partial charge in [-0.3, -0.25) is 4.57 Å². The van der Waals surface area contributed by atoms with Gasteiger partial charge >= 0.3 is 0 Å². The summed E-state index contributed by atoms with van der Waals surface area (Å²) >= 11 is 0. The number of hydrogen-bond donors (Lipinski definition) is 0. The first-order chi connectivity index (χ1) is 33.9. The Morgan fingerprint density at radius 1 is 0.435 bits per heavy atom. The van der Waals surface area contributed by atoms with Gasteiger partial charge in [0.05, 0.1) is 11.0 Å². The zero-order chi connectivity index (χ0) is 46.5. The maximum Gasteiger partial charge on any atom is 0.255 e. The number of hydrogen-bond acceptors (Lipinski definition) is 2. The molecule has 3 aromatic heterocycles. The minimum Gasteiger partial charge on any atom is -0.457 e. The van der Waals surface area contributed by atoms with Crippen LogP contribution < -0.4 is 9.30 Å². The van der Waals surface area contributed by atoms with Crippen LogP contribution in [0, 0.1) is 0 Å². The molecule has 0 aliphatic rings. The molecule has 0 aliphatic carbocycles. The minimum absolute atomic E-state index is 0.0887. The molecule has 0 atom stereocenters. The first-order valence-corrected chi connectivity index (χ1v) is 23.6. The third kappa shape index (κ3) is 7.55. The maximum atomic E-state index is 7.00. The lowest BCUT2D eigenvalue weighted by molar-refractivity contribution is -0.566. The average molecular weight is 890 g/mol. The summed E-state index contributed by atoms with van der Waals surface area (Å²) < 4.78 is 13.9. The molecule has 0 radical (unpaired) electrons. The Morgan fingerprint density at radius 2 is 0.971 bits per heavy atom. The highest BCUT2D eigenvalue weighted by atomic mass is 16.5. The van der Waals surface area contributed by atoms with Crippen LogP contribution >= 0.6 is 0 Å². The van der Waals surface area contributed by atoms with Gasteiger partial charge in [0.25, 0.3) is 6.33 Å². The molecule has 69 heavy (non-hydrogen) atoms. The average Bonchev–Trinajstić information content (AvgIpc) is 3.80. The standard InChI is InChI=1S/C64H49N4O/c1-64(2,3)46-38-39-65-62(40-46)68-58-33-15-14-30-56(58)54-28-12-10-26-52(54)53-27-11-13-29-55(53)57-37-36-49(42-61(57)68)69-48-25-18-24-47(41-48)66-43-67(60-35-17-16-34-59(60)66)63-50(44-20-6-4-7-21-44)31-19-32-51(63)45-22-8-5-9-23-45/h4-43H,1-3H3/q+1. The van der Waals surface area contributed by atoms with Crippen LogP contribution in [0.2, 0.25) is 0 Å². The van der Waals surface area contributed by atoms with Crippen molar-refractivity contribution in [1.29, 1.82) is 0 Å². The summed E-state index contributed by atoms with van der Waals surface area (Å²) in [5.74, 6) is 2.28. The summed E-state index contributed by atoms with van der Waals surface area (Å²) in [7, 11) is 0. The second-order valence-corrected chi connectivity index (χ2v) is 18.7. The first kappa shape index (κ1) is 41.6. The molecule has 0 bridgehead atoms. The molecule has 0 spiro atoms. The quantitative estimate of drug-likeness (QED) is 0.150. The van der Waals surface area contributed by atoms with Crippen LogP contribution in [0.1, 0.15) is 26.3 Å². The number of pyridine rings is 1. The van der Waals surface area contributed by atoms with E-state index in [4.69, 9.17) is 9.72 Å². The molecule has 9 aromatic carbocycles. The second-order valence-electron chi connectivity index (χ2n) is 18.7. The molecule has 12 rings (SSSR count). The zero-order valence-electron chi connectivity index (χ0n) is 38.8. The number of rotatable bonds is 7. The van der Waals surface area contributed by atoms with Crippen LogP contribution in [0.4, 0.5) is 0 Å². The normalized spacial score (nSPS) is 11.7. The molecule has 0 N–H and O–H groups in total. The van der Waals surface area contributed by atoms with E-state index in [-0.39, 0.29) is 5.41 Å². The predicted octanol–water partition coefficient (Wildman–Crippen LogP) is 16.3. The Kier molecular flexibility index (Phi) is 10.3. The SMILES string of the molecule is CC(C)(C)c1ccnc(-n2c3ccccc3c3ccccc3c3ccccc3c3ccc(Oc4cccc(-n5c[n+](-c6c(-c7ccccc7)cccc6-c6ccccc6)c6ccccc65)c4)cc32)c1. The van der Waals surface area contributed by atoms with Crippen LogP contribution in [0.25, 0.3) is 93.8 Å². The van der Waals surface area contributed by atoms with Crippen LogP contribution in [0.15, 0.2) is 243 Å². The highest BCUT2D eigenvalue weighted by Gasteiger charge is 2.25. The second kappa shape index (κ2) is 17.1. The van der Waals surface area contributed by atoms with Gasteiger partial charge in [0, 0.05) is 40.2 Å². The molecule has 3 heterocycles. The summed E-state index contributed by atoms with van der Waals surface area (Å²) in [6.07, 6.45) is 4.16. The molecule has 0 aliphatic heterocycles. The molecular weight excluding hydrogens is 841 g/mol. The van der Waals surface area contributed by atoms with Crippen LogP contribution in [0.5, 0.6) is 11.5 Å². The van der Waals surface area contributed by atoms with Gasteiger partial charge in [-0.05, 0) is 98.2 Å². The molecule has 330 valence electrons. The Bertz CT molecular complexity index is 3910. The first-order valence-electron chi connectivity index (χ1n) is 23.6. The third-order valence-electron chi connectivity index (χ3n) is 13.3.